The van der Waals surface area contributed by atoms with E-state index in [4.69, 9.17) is 9.47 Å². The molecule has 3 N–H and O–H groups in total. The molecule has 3 aromatic carbocycles. The average molecular weight is 541 g/mol. The Morgan fingerprint density at radius 1 is 0.900 bits per heavy atom. The molecule has 1 aliphatic carbocycles. The van der Waals surface area contributed by atoms with Gasteiger partial charge in [0.2, 0.25) is 5.91 Å². The Labute approximate surface area is 233 Å². The van der Waals surface area contributed by atoms with Gasteiger partial charge in [0.25, 0.3) is 0 Å². The normalized spacial score (nSPS) is 13.9. The number of aliphatic carboxylic acids is 1. The van der Waals surface area contributed by atoms with E-state index in [1.807, 2.05) is 78.9 Å². The molecular formula is C32H32N2O6. The fourth-order valence-electron chi connectivity index (χ4n) is 4.73. The Balaban J connectivity index is 1.46. The lowest BCUT2D eigenvalue weighted by atomic mass is 9.98. The van der Waals surface area contributed by atoms with Crippen molar-refractivity contribution < 1.29 is 29.0 Å². The molecule has 8 heteroatoms. The van der Waals surface area contributed by atoms with Gasteiger partial charge in [-0.2, -0.15) is 0 Å². The van der Waals surface area contributed by atoms with E-state index in [9.17, 15) is 19.5 Å². The first kappa shape index (κ1) is 28.4. The number of carboxylic acids is 1. The number of hydrogen-bond acceptors (Lipinski definition) is 5. The van der Waals surface area contributed by atoms with Crippen LogP contribution in [0.15, 0.2) is 78.9 Å². The van der Waals surface area contributed by atoms with E-state index in [1.54, 1.807) is 13.8 Å². The number of carbonyl (C=O) groups is 3. The number of nitrogens with one attached hydrogen (secondary N) is 2. The van der Waals surface area contributed by atoms with E-state index in [0.29, 0.717) is 0 Å². The van der Waals surface area contributed by atoms with Crippen LogP contribution in [-0.2, 0) is 25.7 Å². The SMILES string of the molecule is CC#CCC(NC(=O)C(NC(=O)OCC1c2ccccc2-c2ccccc21)C(C)OCc1ccccc1)C(=O)O. The molecular weight excluding hydrogens is 508 g/mol. The highest BCUT2D eigenvalue weighted by Crippen LogP contribution is 2.44. The number of amides is 2. The summed E-state index contributed by atoms with van der Waals surface area (Å²) in [5.74, 6) is 3.21. The fraction of sp³-hybridized carbons (Fsp3) is 0.281. The summed E-state index contributed by atoms with van der Waals surface area (Å²) in [4.78, 5) is 37.9. The number of fused-ring (bicyclic) bond motifs is 3. The molecule has 0 radical (unpaired) electrons. The van der Waals surface area contributed by atoms with E-state index in [0.717, 1.165) is 27.8 Å². The summed E-state index contributed by atoms with van der Waals surface area (Å²) in [7, 11) is 0. The van der Waals surface area contributed by atoms with Crippen LogP contribution in [0.2, 0.25) is 0 Å². The topological polar surface area (TPSA) is 114 Å². The van der Waals surface area contributed by atoms with Gasteiger partial charge in [-0.1, -0.05) is 78.9 Å². The summed E-state index contributed by atoms with van der Waals surface area (Å²) in [6.07, 6.45) is -1.68. The zero-order chi connectivity index (χ0) is 28.5. The summed E-state index contributed by atoms with van der Waals surface area (Å²) in [5.41, 5.74) is 5.21. The maximum Gasteiger partial charge on any atom is 0.407 e. The lowest BCUT2D eigenvalue weighted by Crippen LogP contribution is -2.56. The van der Waals surface area contributed by atoms with Gasteiger partial charge in [0.1, 0.15) is 18.7 Å². The van der Waals surface area contributed by atoms with Crippen LogP contribution in [0, 0.1) is 11.8 Å². The molecule has 3 unspecified atom stereocenters. The van der Waals surface area contributed by atoms with Crippen LogP contribution < -0.4 is 10.6 Å². The van der Waals surface area contributed by atoms with Crippen molar-refractivity contribution in [1.82, 2.24) is 10.6 Å². The highest BCUT2D eigenvalue weighted by molar-refractivity contribution is 5.90. The second-order valence-electron chi connectivity index (χ2n) is 9.48. The maximum atomic E-state index is 13.2. The minimum Gasteiger partial charge on any atom is -0.480 e. The van der Waals surface area contributed by atoms with E-state index in [2.05, 4.69) is 22.5 Å². The van der Waals surface area contributed by atoms with E-state index < -0.39 is 36.2 Å². The number of alkyl carbamates (subject to hydrolysis) is 1. The highest BCUT2D eigenvalue weighted by Gasteiger charge is 2.33. The summed E-state index contributed by atoms with van der Waals surface area (Å²) in [6.45, 7) is 3.49. The van der Waals surface area contributed by atoms with Crippen molar-refractivity contribution in [2.24, 2.45) is 0 Å². The number of ether oxygens (including phenoxy) is 2. The fourth-order valence-corrected chi connectivity index (χ4v) is 4.73. The highest BCUT2D eigenvalue weighted by atomic mass is 16.5. The van der Waals surface area contributed by atoms with Crippen LogP contribution in [0.3, 0.4) is 0 Å². The predicted molar refractivity (Wildman–Crippen MR) is 150 cm³/mol. The van der Waals surface area contributed by atoms with Gasteiger partial charge in [-0.25, -0.2) is 9.59 Å². The smallest absolute Gasteiger partial charge is 0.407 e. The molecule has 4 rings (SSSR count). The van der Waals surface area contributed by atoms with Crippen LogP contribution in [0.1, 0.15) is 42.9 Å². The summed E-state index contributed by atoms with van der Waals surface area (Å²) in [6, 6.07) is 22.9. The third-order valence-electron chi connectivity index (χ3n) is 6.82. The first-order valence-electron chi connectivity index (χ1n) is 13.1. The number of carboxylic acid groups (broad SMARTS) is 1. The van der Waals surface area contributed by atoms with Crippen molar-refractivity contribution in [2.45, 2.75) is 51.0 Å². The van der Waals surface area contributed by atoms with Gasteiger partial charge in [0, 0.05) is 12.3 Å². The van der Waals surface area contributed by atoms with Crippen LogP contribution in [0.4, 0.5) is 4.79 Å². The number of rotatable bonds is 11. The Morgan fingerprint density at radius 2 is 1.50 bits per heavy atom. The lowest BCUT2D eigenvalue weighted by Gasteiger charge is -2.26. The zero-order valence-corrected chi connectivity index (χ0v) is 22.4. The van der Waals surface area contributed by atoms with E-state index >= 15 is 0 Å². The minimum absolute atomic E-state index is 0.0668. The molecule has 0 aromatic heterocycles. The average Bonchev–Trinajstić information content (AvgIpc) is 3.29. The van der Waals surface area contributed by atoms with Crippen LogP contribution in [-0.4, -0.2) is 47.9 Å². The molecule has 206 valence electrons. The summed E-state index contributed by atoms with van der Waals surface area (Å²) in [5, 5.41) is 14.6. The van der Waals surface area contributed by atoms with Crippen molar-refractivity contribution in [3.63, 3.8) is 0 Å². The first-order valence-corrected chi connectivity index (χ1v) is 13.1. The lowest BCUT2D eigenvalue weighted by molar-refractivity contribution is -0.142. The second kappa shape index (κ2) is 13.5. The number of benzene rings is 3. The Bertz CT molecular complexity index is 1370. The van der Waals surface area contributed by atoms with Gasteiger partial charge in [-0.05, 0) is 41.7 Å². The Kier molecular flexibility index (Phi) is 9.55. The van der Waals surface area contributed by atoms with Crippen LogP contribution in [0.25, 0.3) is 11.1 Å². The second-order valence-corrected chi connectivity index (χ2v) is 9.48. The van der Waals surface area contributed by atoms with Crippen LogP contribution >= 0.6 is 0 Å². The molecule has 0 bridgehead atoms. The monoisotopic (exact) mass is 540 g/mol. The molecule has 0 heterocycles. The van der Waals surface area contributed by atoms with E-state index in [1.165, 1.54) is 0 Å². The molecule has 0 saturated carbocycles. The van der Waals surface area contributed by atoms with Crippen molar-refractivity contribution in [2.75, 3.05) is 6.61 Å². The zero-order valence-electron chi connectivity index (χ0n) is 22.4. The molecule has 3 aromatic rings. The van der Waals surface area contributed by atoms with Crippen LogP contribution in [0.5, 0.6) is 0 Å². The summed E-state index contributed by atoms with van der Waals surface area (Å²) >= 11 is 0. The van der Waals surface area contributed by atoms with E-state index in [-0.39, 0.29) is 25.6 Å². The predicted octanol–water partition coefficient (Wildman–Crippen LogP) is 4.48. The van der Waals surface area contributed by atoms with Gasteiger partial charge in [0.05, 0.1) is 12.7 Å². The third kappa shape index (κ3) is 6.87. The van der Waals surface area contributed by atoms with Crippen molar-refractivity contribution >= 4 is 18.0 Å². The maximum absolute atomic E-state index is 13.2. The standard InChI is InChI=1S/C32H32N2O6/c1-3-4-18-28(31(36)37)33-30(35)29(21(2)39-19-22-12-6-5-7-13-22)34-32(38)40-20-27-25-16-10-8-14-23(25)24-15-9-11-17-26(24)27/h5-17,21,27-29H,18-20H2,1-2H3,(H,33,35)(H,34,38)(H,36,37). The van der Waals surface area contributed by atoms with Crippen molar-refractivity contribution in [3.05, 3.63) is 95.6 Å². The van der Waals surface area contributed by atoms with Gasteiger partial charge >= 0.3 is 12.1 Å². The molecule has 1 aliphatic rings. The Morgan fingerprint density at radius 3 is 2.10 bits per heavy atom. The molecule has 0 fully saturated rings. The number of carbonyl (C=O) groups excluding carboxylic acids is 2. The molecule has 0 aliphatic heterocycles. The van der Waals surface area contributed by atoms with Crippen molar-refractivity contribution in [1.29, 1.82) is 0 Å². The quantitative estimate of drug-likeness (QED) is 0.309. The molecule has 8 nitrogen and oxygen atoms in total. The van der Waals surface area contributed by atoms with Gasteiger partial charge in [0.15, 0.2) is 0 Å². The van der Waals surface area contributed by atoms with Gasteiger partial charge in [-0.3, -0.25) is 4.79 Å². The molecule has 0 spiro atoms. The van der Waals surface area contributed by atoms with Crippen molar-refractivity contribution in [3.8, 4) is 23.0 Å². The third-order valence-corrected chi connectivity index (χ3v) is 6.82. The minimum atomic E-state index is -1.24. The number of hydrogen-bond donors (Lipinski definition) is 3. The first-order chi connectivity index (χ1) is 19.4. The van der Waals surface area contributed by atoms with Gasteiger partial charge in [-0.15, -0.1) is 11.8 Å². The summed E-state index contributed by atoms with van der Waals surface area (Å²) < 4.78 is 11.5. The molecule has 3 atom stereocenters. The largest absolute Gasteiger partial charge is 0.480 e. The molecule has 0 saturated heterocycles. The van der Waals surface area contributed by atoms with Gasteiger partial charge < -0.3 is 25.2 Å². The molecule has 40 heavy (non-hydrogen) atoms. The Hall–Kier alpha value is -4.61. The molecule has 2 amide bonds.